The van der Waals surface area contributed by atoms with Crippen LogP contribution in [0.5, 0.6) is 5.75 Å². The van der Waals surface area contributed by atoms with E-state index in [1.54, 1.807) is 17.5 Å². The lowest BCUT2D eigenvalue weighted by molar-refractivity contribution is 0.298. The molecule has 84 valence electrons. The maximum atomic E-state index is 5.62. The first-order valence-electron chi connectivity index (χ1n) is 4.97. The van der Waals surface area contributed by atoms with Gasteiger partial charge in [-0.15, -0.1) is 11.3 Å². The van der Waals surface area contributed by atoms with Crippen LogP contribution < -0.4 is 10.5 Å². The summed E-state index contributed by atoms with van der Waals surface area (Å²) in [5.74, 6) is 0.796. The SMILES string of the molecule is Cc1ncccc1OCc1csc(CN)n1. The third-order valence-corrected chi connectivity index (χ3v) is 3.03. The van der Waals surface area contributed by atoms with Crippen molar-refractivity contribution in [2.24, 2.45) is 5.73 Å². The molecule has 0 radical (unpaired) electrons. The third kappa shape index (κ3) is 2.56. The first-order valence-corrected chi connectivity index (χ1v) is 5.85. The van der Waals surface area contributed by atoms with Crippen molar-refractivity contribution in [1.82, 2.24) is 9.97 Å². The van der Waals surface area contributed by atoms with Crippen molar-refractivity contribution in [3.63, 3.8) is 0 Å². The zero-order chi connectivity index (χ0) is 11.4. The number of pyridine rings is 1. The van der Waals surface area contributed by atoms with E-state index in [1.165, 1.54) is 0 Å². The standard InChI is InChI=1S/C11H13N3OS/c1-8-10(3-2-4-13-8)15-6-9-7-16-11(5-12)14-9/h2-4,7H,5-6,12H2,1H3. The number of ether oxygens (including phenoxy) is 1. The summed E-state index contributed by atoms with van der Waals surface area (Å²) in [6.45, 7) is 2.86. The Morgan fingerprint density at radius 2 is 2.38 bits per heavy atom. The van der Waals surface area contributed by atoms with Gasteiger partial charge in [-0.2, -0.15) is 0 Å². The fourth-order valence-corrected chi connectivity index (χ4v) is 1.94. The minimum atomic E-state index is 0.461. The van der Waals surface area contributed by atoms with E-state index in [2.05, 4.69) is 9.97 Å². The maximum absolute atomic E-state index is 5.62. The van der Waals surface area contributed by atoms with Crippen molar-refractivity contribution >= 4 is 11.3 Å². The molecule has 0 bridgehead atoms. The zero-order valence-corrected chi connectivity index (χ0v) is 9.83. The summed E-state index contributed by atoms with van der Waals surface area (Å²) in [7, 11) is 0. The molecule has 2 N–H and O–H groups in total. The molecule has 2 heterocycles. The fourth-order valence-electron chi connectivity index (χ4n) is 1.28. The van der Waals surface area contributed by atoms with E-state index in [0.29, 0.717) is 13.2 Å². The van der Waals surface area contributed by atoms with E-state index in [1.807, 2.05) is 24.4 Å². The summed E-state index contributed by atoms with van der Waals surface area (Å²) in [5, 5.41) is 2.90. The Kier molecular flexibility index (Phi) is 3.48. The summed E-state index contributed by atoms with van der Waals surface area (Å²) in [6.07, 6.45) is 1.75. The average Bonchev–Trinajstić information content (AvgIpc) is 2.76. The van der Waals surface area contributed by atoms with Crippen molar-refractivity contribution in [2.75, 3.05) is 0 Å². The smallest absolute Gasteiger partial charge is 0.141 e. The van der Waals surface area contributed by atoms with E-state index >= 15 is 0 Å². The van der Waals surface area contributed by atoms with Crippen molar-refractivity contribution in [3.05, 3.63) is 40.1 Å². The highest BCUT2D eigenvalue weighted by Gasteiger charge is 2.03. The summed E-state index contributed by atoms with van der Waals surface area (Å²) in [6, 6.07) is 3.76. The molecule has 0 spiro atoms. The molecule has 0 atom stereocenters. The Morgan fingerprint density at radius 1 is 1.50 bits per heavy atom. The van der Waals surface area contributed by atoms with Gasteiger partial charge in [-0.3, -0.25) is 4.98 Å². The molecule has 0 saturated carbocycles. The van der Waals surface area contributed by atoms with Gasteiger partial charge in [0.05, 0.1) is 11.4 Å². The van der Waals surface area contributed by atoms with Crippen LogP contribution in [0.25, 0.3) is 0 Å². The molecule has 0 aliphatic heterocycles. The molecule has 0 amide bonds. The van der Waals surface area contributed by atoms with Crippen LogP contribution in [-0.4, -0.2) is 9.97 Å². The predicted molar refractivity (Wildman–Crippen MR) is 63.3 cm³/mol. The van der Waals surface area contributed by atoms with Crippen LogP contribution >= 0.6 is 11.3 Å². The normalized spacial score (nSPS) is 10.4. The second-order valence-electron chi connectivity index (χ2n) is 3.31. The monoisotopic (exact) mass is 235 g/mol. The molecule has 5 heteroatoms. The minimum Gasteiger partial charge on any atom is -0.485 e. The Bertz CT molecular complexity index is 470. The summed E-state index contributed by atoms with van der Waals surface area (Å²) >= 11 is 1.56. The molecule has 2 aromatic heterocycles. The quantitative estimate of drug-likeness (QED) is 0.879. The lowest BCUT2D eigenvalue weighted by Gasteiger charge is -2.05. The van der Waals surface area contributed by atoms with E-state index in [9.17, 15) is 0 Å². The summed E-state index contributed by atoms with van der Waals surface area (Å²) < 4.78 is 5.62. The van der Waals surface area contributed by atoms with Crippen LogP contribution in [0.3, 0.4) is 0 Å². The van der Waals surface area contributed by atoms with E-state index in [-0.39, 0.29) is 0 Å². The lowest BCUT2D eigenvalue weighted by Crippen LogP contribution is -2.00. The van der Waals surface area contributed by atoms with Gasteiger partial charge in [0.1, 0.15) is 17.4 Å². The zero-order valence-electron chi connectivity index (χ0n) is 9.01. The Labute approximate surface area is 98.1 Å². The third-order valence-electron chi connectivity index (χ3n) is 2.11. The van der Waals surface area contributed by atoms with Crippen molar-refractivity contribution in [3.8, 4) is 5.75 Å². The van der Waals surface area contributed by atoms with Crippen LogP contribution in [0.1, 0.15) is 16.4 Å². The van der Waals surface area contributed by atoms with Gasteiger partial charge < -0.3 is 10.5 Å². The van der Waals surface area contributed by atoms with Crippen molar-refractivity contribution in [1.29, 1.82) is 0 Å². The van der Waals surface area contributed by atoms with Crippen LogP contribution in [0, 0.1) is 6.92 Å². The first kappa shape index (κ1) is 11.0. The van der Waals surface area contributed by atoms with Gasteiger partial charge in [-0.25, -0.2) is 4.98 Å². The molecule has 0 aliphatic carbocycles. The van der Waals surface area contributed by atoms with Gasteiger partial charge in [0, 0.05) is 18.1 Å². The number of rotatable bonds is 4. The van der Waals surface area contributed by atoms with Crippen LogP contribution in [0.2, 0.25) is 0 Å². The maximum Gasteiger partial charge on any atom is 0.141 e. The minimum absolute atomic E-state index is 0.461. The molecule has 0 aliphatic rings. The summed E-state index contributed by atoms with van der Waals surface area (Å²) in [5.41, 5.74) is 7.29. The Balaban J connectivity index is 1.99. The second kappa shape index (κ2) is 5.05. The van der Waals surface area contributed by atoms with Crippen molar-refractivity contribution < 1.29 is 4.74 Å². The Morgan fingerprint density at radius 3 is 3.06 bits per heavy atom. The van der Waals surface area contributed by atoms with Crippen LogP contribution in [-0.2, 0) is 13.2 Å². The molecule has 16 heavy (non-hydrogen) atoms. The van der Waals surface area contributed by atoms with Gasteiger partial charge in [0.25, 0.3) is 0 Å². The van der Waals surface area contributed by atoms with Gasteiger partial charge in [0.15, 0.2) is 0 Å². The van der Waals surface area contributed by atoms with E-state index < -0.39 is 0 Å². The number of nitrogens with two attached hydrogens (primary N) is 1. The topological polar surface area (TPSA) is 61.0 Å². The number of hydrogen-bond acceptors (Lipinski definition) is 5. The number of thiazole rings is 1. The Hall–Kier alpha value is -1.46. The second-order valence-corrected chi connectivity index (χ2v) is 4.25. The van der Waals surface area contributed by atoms with Crippen LogP contribution in [0.4, 0.5) is 0 Å². The number of nitrogens with zero attached hydrogens (tertiary/aromatic N) is 2. The van der Waals surface area contributed by atoms with E-state index in [4.69, 9.17) is 10.5 Å². The molecule has 2 aromatic rings. The molecule has 0 saturated heterocycles. The molecule has 4 nitrogen and oxygen atoms in total. The van der Waals surface area contributed by atoms with Gasteiger partial charge in [0.2, 0.25) is 0 Å². The first-order chi connectivity index (χ1) is 7.79. The predicted octanol–water partition coefficient (Wildman–Crippen LogP) is 1.88. The lowest BCUT2D eigenvalue weighted by atomic mass is 10.3. The fraction of sp³-hybridized carbons (Fsp3) is 0.273. The molecule has 0 fully saturated rings. The average molecular weight is 235 g/mol. The van der Waals surface area contributed by atoms with Gasteiger partial charge in [-0.1, -0.05) is 0 Å². The van der Waals surface area contributed by atoms with E-state index in [0.717, 1.165) is 22.1 Å². The highest BCUT2D eigenvalue weighted by Crippen LogP contribution is 2.16. The number of hydrogen-bond donors (Lipinski definition) is 1. The van der Waals surface area contributed by atoms with Crippen LogP contribution in [0.15, 0.2) is 23.7 Å². The van der Waals surface area contributed by atoms with Gasteiger partial charge in [-0.05, 0) is 19.1 Å². The molecule has 2 rings (SSSR count). The van der Waals surface area contributed by atoms with Crippen molar-refractivity contribution in [2.45, 2.75) is 20.1 Å². The molecular weight excluding hydrogens is 222 g/mol. The molecule has 0 aromatic carbocycles. The molecular formula is C11H13N3OS. The molecule has 0 unspecified atom stereocenters. The number of aryl methyl sites for hydroxylation is 1. The summed E-state index contributed by atoms with van der Waals surface area (Å²) in [4.78, 5) is 8.47. The highest BCUT2D eigenvalue weighted by atomic mass is 32.1. The highest BCUT2D eigenvalue weighted by molar-refractivity contribution is 7.09. The largest absolute Gasteiger partial charge is 0.485 e. The number of aromatic nitrogens is 2. The van der Waals surface area contributed by atoms with Gasteiger partial charge >= 0.3 is 0 Å².